The molecule has 1 heterocycles. The minimum absolute atomic E-state index is 1.26. The van der Waals surface area contributed by atoms with E-state index in [1.54, 1.807) is 312 Å². The van der Waals surface area contributed by atoms with Crippen LogP contribution in [0.15, 0.2) is 24.3 Å². The molecule has 0 spiro atoms. The molecule has 2 nitrogen and oxygen atoms in total. The van der Waals surface area contributed by atoms with Crippen molar-refractivity contribution in [2.45, 2.75) is 0 Å². The first kappa shape index (κ1) is 26.0. The van der Waals surface area contributed by atoms with Crippen LogP contribution in [0, 0.1) is 0 Å². The number of pyridine rings is 1. The highest BCUT2D eigenvalue weighted by Gasteiger charge is 2.51. The maximum Gasteiger partial charge on any atom is 0.0632 e. The minimum atomic E-state index is 1.26. The van der Waals surface area contributed by atoms with Crippen LogP contribution in [0.3, 0.4) is 0 Å². The molecule has 0 bridgehead atoms. The summed E-state index contributed by atoms with van der Waals surface area (Å²) in [4.78, 5) is 2.27. The van der Waals surface area contributed by atoms with Gasteiger partial charge < -0.3 is 9.47 Å². The number of hydrogen-bond donors (Lipinski definition) is 0. The summed E-state index contributed by atoms with van der Waals surface area (Å²) in [5.74, 6) is 0. The zero-order valence-corrected chi connectivity index (χ0v) is 36.2. The van der Waals surface area contributed by atoms with E-state index in [1.165, 1.54) is 22.4 Å². The molecule has 0 aliphatic rings. The molecule has 0 atom stereocenters. The van der Waals surface area contributed by atoms with Gasteiger partial charge in [-0.15, -0.1) is 0 Å². The summed E-state index contributed by atoms with van der Waals surface area (Å²) in [5, 5.41) is 94.4. The Bertz CT molecular complexity index is 7170. The second-order valence-corrected chi connectivity index (χ2v) is 25.2. The van der Waals surface area contributed by atoms with Gasteiger partial charge in [-0.3, -0.25) is 0 Å². The van der Waals surface area contributed by atoms with Gasteiger partial charge in [0.1, 0.15) is 0 Å². The second kappa shape index (κ2) is 5.98. The Balaban J connectivity index is 1.21. The number of anilines is 1. The van der Waals surface area contributed by atoms with Gasteiger partial charge in [-0.05, 0) is 24.3 Å². The summed E-state index contributed by atoms with van der Waals surface area (Å²) in [6, 6.07) is 9.77. The molecule has 2 heteroatoms. The van der Waals surface area contributed by atoms with Crippen LogP contribution in [0.4, 0.5) is 5.69 Å². The highest BCUT2D eigenvalue weighted by Crippen LogP contribution is 2.80. The second-order valence-electron chi connectivity index (χ2n) is 25.2. The van der Waals surface area contributed by atoms with E-state index in [4.69, 9.17) is 0 Å². The standard InChI is InChI=1S/C68H10N2/c1-69(2)7-3-5-8(6-4-7)70-67-63-56-49-37-29-20-11-9-10-12-15(11)24-31(29)39-40-32(24)30-21(12)23-19-14(10)17-16-13(9)18-22(20)35(37)43-41-27(18)25(16)33-34-26(17)28(19)42-44-36(23)38(30)50-52(40)61(60(63)51(39)49)64-57(50)55(44)59-48(42)46(34)53-45(33)47(41)58(54(43)56)65(67)62(53)66(59)68(64)70/h3-6H,1-2H3. The number of benzene rings is 20. The molecule has 0 aliphatic carbocycles. The third kappa shape index (κ3) is 1.43. The normalized spacial score (nSPS) is 17.0. The molecule has 1 aromatic heterocycles. The number of rotatable bonds is 2. The van der Waals surface area contributed by atoms with Crippen molar-refractivity contribution in [1.29, 1.82) is 0 Å². The van der Waals surface area contributed by atoms with E-state index >= 15 is 0 Å². The van der Waals surface area contributed by atoms with Crippen LogP contribution in [-0.4, -0.2) is 18.7 Å². The monoisotopic (exact) mass is 854 g/mol. The average Bonchev–Trinajstić information content (AvgIpc) is 4.28. The average molecular weight is 855 g/mol. The lowest BCUT2D eigenvalue weighted by molar-refractivity contribution is 1.12. The molecule has 0 aliphatic heterocycles. The van der Waals surface area contributed by atoms with Crippen LogP contribution in [0.1, 0.15) is 0 Å². The predicted octanol–water partition coefficient (Wildman–Crippen LogP) is 19.1. The van der Waals surface area contributed by atoms with E-state index in [1.807, 2.05) is 0 Å². The minimum Gasteiger partial charge on any atom is -0.378 e. The van der Waals surface area contributed by atoms with Crippen LogP contribution >= 0.6 is 0 Å². The number of aromatic nitrogens is 1. The fourth-order valence-electron chi connectivity index (χ4n) is 23.7. The first-order chi connectivity index (χ1) is 34.8. The number of nitrogens with zero attached hydrogens (tertiary/aromatic N) is 2. The van der Waals surface area contributed by atoms with E-state index in [0.717, 1.165) is 0 Å². The van der Waals surface area contributed by atoms with Crippen LogP contribution in [0.5, 0.6) is 0 Å². The van der Waals surface area contributed by atoms with E-state index < -0.39 is 0 Å². The molecule has 0 saturated heterocycles. The van der Waals surface area contributed by atoms with E-state index in [0.29, 0.717) is 0 Å². The molecule has 32 aromatic rings. The van der Waals surface area contributed by atoms with Gasteiger partial charge in [-0.2, -0.15) is 0 Å². The highest BCUT2D eigenvalue weighted by molar-refractivity contribution is 6.84. The summed E-state index contributed by atoms with van der Waals surface area (Å²) in [7, 11) is 4.38. The van der Waals surface area contributed by atoms with Gasteiger partial charge >= 0.3 is 0 Å². The zero-order valence-electron chi connectivity index (χ0n) is 36.2. The molecular weight excluding hydrogens is 845 g/mol. The van der Waals surface area contributed by atoms with Gasteiger partial charge in [0, 0.05) is 338 Å². The lowest BCUT2D eigenvalue weighted by Crippen LogP contribution is -2.09. The third-order valence-corrected chi connectivity index (χ3v) is 24.3. The quantitative estimate of drug-likeness (QED) is 0.124. The lowest BCUT2D eigenvalue weighted by Gasteiger charge is -2.25. The van der Waals surface area contributed by atoms with Crippen molar-refractivity contribution in [1.82, 2.24) is 4.57 Å². The molecule has 31 aromatic carbocycles. The van der Waals surface area contributed by atoms with Crippen molar-refractivity contribution in [2.24, 2.45) is 0 Å². The molecule has 0 saturated carbocycles. The van der Waals surface area contributed by atoms with Crippen molar-refractivity contribution in [3.05, 3.63) is 24.3 Å². The Kier molecular flexibility index (Phi) is 2.22. The Labute approximate surface area is 380 Å². The van der Waals surface area contributed by atoms with Gasteiger partial charge in [-0.1, -0.05) is 0 Å². The summed E-state index contributed by atoms with van der Waals surface area (Å²) in [5.41, 5.74) is 5.56. The Morgan fingerprint density at radius 3 is 0.457 bits per heavy atom. The van der Waals surface area contributed by atoms with Crippen LogP contribution < -0.4 is 4.90 Å². The van der Waals surface area contributed by atoms with Crippen molar-refractivity contribution in [3.63, 3.8) is 0 Å². The Morgan fingerprint density at radius 1 is 0.186 bits per heavy atom. The first-order valence-electron chi connectivity index (χ1n) is 25.9. The molecule has 0 amide bonds. The van der Waals surface area contributed by atoms with Crippen molar-refractivity contribution in [2.75, 3.05) is 19.0 Å². The molecule has 32 rings (SSSR count). The third-order valence-electron chi connectivity index (χ3n) is 24.3. The molecule has 0 unspecified atom stereocenters. The van der Waals surface area contributed by atoms with Crippen molar-refractivity contribution >= 4 is 329 Å². The van der Waals surface area contributed by atoms with E-state index in [2.05, 4.69) is 47.8 Å². The summed E-state index contributed by atoms with van der Waals surface area (Å²) >= 11 is 0. The van der Waals surface area contributed by atoms with Gasteiger partial charge in [0.15, 0.2) is 0 Å². The van der Waals surface area contributed by atoms with Crippen molar-refractivity contribution in [3.8, 4) is 5.69 Å². The largest absolute Gasteiger partial charge is 0.378 e. The lowest BCUT2D eigenvalue weighted by atomic mass is 9.84. The van der Waals surface area contributed by atoms with Gasteiger partial charge in [0.2, 0.25) is 0 Å². The van der Waals surface area contributed by atoms with E-state index in [-0.39, 0.29) is 0 Å². The van der Waals surface area contributed by atoms with Crippen LogP contribution in [0.25, 0.3) is 329 Å². The van der Waals surface area contributed by atoms with Crippen molar-refractivity contribution < 1.29 is 0 Å². The smallest absolute Gasteiger partial charge is 0.0632 e. The van der Waals surface area contributed by atoms with Crippen LogP contribution in [-0.2, 0) is 0 Å². The van der Waals surface area contributed by atoms with Crippen LogP contribution in [0.2, 0.25) is 0 Å². The molecule has 70 heavy (non-hydrogen) atoms. The topological polar surface area (TPSA) is 8.17 Å². The SMILES string of the molecule is CN(C)c1ccc(-n2c3c4c5c6c7c8c9c%10c%11c%12c%13c%10c%10c8c8c%14c%10c%10c%13c%13c%15c%12c%12c%16c%11c%11c9c7c7c9c%11c%16c%11c%16c%12c%15c%12c%15c%13c%10c%10c%14c(c4c86)c4c%10c%15c6c%12c%16c8c%11c9c(c75)c3c8c6c42)cc1. The molecule has 292 valence electrons. The summed E-state index contributed by atoms with van der Waals surface area (Å²) in [6.07, 6.45) is 0. The highest BCUT2D eigenvalue weighted by atomic mass is 15.1. The van der Waals surface area contributed by atoms with Gasteiger partial charge in [0.05, 0.1) is 11.0 Å². The van der Waals surface area contributed by atoms with Gasteiger partial charge in [0.25, 0.3) is 0 Å². The molecule has 0 fully saturated rings. The zero-order chi connectivity index (χ0) is 41.8. The molecule has 0 N–H and O–H groups in total. The van der Waals surface area contributed by atoms with Gasteiger partial charge in [-0.25, -0.2) is 0 Å². The molecule has 0 radical (unpaired) electrons. The first-order valence-corrected chi connectivity index (χ1v) is 25.9. The fourth-order valence-corrected chi connectivity index (χ4v) is 23.7. The van der Waals surface area contributed by atoms with E-state index in [9.17, 15) is 0 Å². The summed E-state index contributed by atoms with van der Waals surface area (Å²) < 4.78 is 2.92. The Morgan fingerprint density at radius 2 is 0.314 bits per heavy atom. The predicted molar refractivity (Wildman–Crippen MR) is 303 cm³/mol. The summed E-state index contributed by atoms with van der Waals surface area (Å²) in [6.45, 7) is 0. The fraction of sp³-hybridized carbons (Fsp3) is 0.0294. The maximum absolute atomic E-state index is 2.92. The number of hydrogen-bond acceptors (Lipinski definition) is 1. The maximum atomic E-state index is 2.92. The number of fused-ring (bicyclic) bond motifs is 5. The molecular formula is C68H10N2. The Hall–Kier alpha value is -8.98.